The van der Waals surface area contributed by atoms with Crippen LogP contribution in [0.2, 0.25) is 0 Å². The number of rotatable bonds is 0. The quantitative estimate of drug-likeness (QED) is 0.670. The Morgan fingerprint density at radius 3 is 1.40 bits per heavy atom. The van der Waals surface area contributed by atoms with Gasteiger partial charge in [-0.15, -0.1) is 0 Å². The first-order valence-electron chi connectivity index (χ1n) is 0.651. The summed E-state index contributed by atoms with van der Waals surface area (Å²) in [7, 11) is 0. The summed E-state index contributed by atoms with van der Waals surface area (Å²) in [5, 5.41) is 13.9. The van der Waals surface area contributed by atoms with Crippen LogP contribution < -0.4 is 0 Å². The molecule has 2 N–H and O–H groups in total. The van der Waals surface area contributed by atoms with Gasteiger partial charge in [0.1, 0.15) is 0 Å². The molecule has 0 saturated carbocycles. The van der Waals surface area contributed by atoms with Crippen LogP contribution in [0.15, 0.2) is 0 Å². The maximum atomic E-state index is 8.56. The molecule has 0 amide bonds. The summed E-state index contributed by atoms with van der Waals surface area (Å²) in [6.07, 6.45) is -1.83. The third-order valence-electron chi connectivity index (χ3n) is 0. The number of hydrogen-bond acceptors (Lipinski definition) is 1. The standard InChI is InChI=1S/CH2O3.Ra/c2-1(3)4;/h(H2,2,3,4);. The average molecular weight is 288 g/mol. The third kappa shape index (κ3) is 65.3. The van der Waals surface area contributed by atoms with Crippen LogP contribution in [0.3, 0.4) is 0 Å². The van der Waals surface area contributed by atoms with E-state index in [1.165, 1.54) is 0 Å². The van der Waals surface area contributed by atoms with Crippen LogP contribution in [0, 0.1) is 45.0 Å². The van der Waals surface area contributed by atoms with E-state index in [1.54, 1.807) is 0 Å². The van der Waals surface area contributed by atoms with E-state index < -0.39 is 6.16 Å². The molecule has 0 heterocycles. The van der Waals surface area contributed by atoms with Gasteiger partial charge in [0.15, 0.2) is 0 Å². The molecule has 3 nitrogen and oxygen atoms in total. The van der Waals surface area contributed by atoms with Crippen LogP contribution in [0.4, 0.5) is 4.79 Å². The molecule has 0 aliphatic carbocycles. The summed E-state index contributed by atoms with van der Waals surface area (Å²) in [6, 6.07) is 0. The van der Waals surface area contributed by atoms with Gasteiger partial charge in [-0.2, -0.15) is 0 Å². The van der Waals surface area contributed by atoms with E-state index >= 15 is 0 Å². The zero-order valence-electron chi connectivity index (χ0n) is 2.51. The molecule has 0 unspecified atom stereocenters. The first kappa shape index (κ1) is 9.22. The van der Waals surface area contributed by atoms with Crippen LogP contribution in [-0.4, -0.2) is 16.4 Å². The number of hydrogen-bond donors (Lipinski definition) is 2. The molecule has 26 valence electrons. The van der Waals surface area contributed by atoms with Gasteiger partial charge < -0.3 is 10.2 Å². The first-order valence-corrected chi connectivity index (χ1v) is 0.651. The summed E-state index contributed by atoms with van der Waals surface area (Å²) in [6.45, 7) is 0. The smallest absolute Gasteiger partial charge is 0.450 e. The fourth-order valence-corrected chi connectivity index (χ4v) is 0. The third-order valence-corrected chi connectivity index (χ3v) is 0. The molecule has 2 radical (unpaired) electrons. The van der Waals surface area contributed by atoms with Gasteiger partial charge in [-0.25, -0.2) is 4.79 Å². The topological polar surface area (TPSA) is 57.5 Å². The molecule has 5 heavy (non-hydrogen) atoms. The van der Waals surface area contributed by atoms with Crippen LogP contribution in [-0.2, 0) is 0 Å². The van der Waals surface area contributed by atoms with Gasteiger partial charge in [-0.1, -0.05) is 0 Å². The fraction of sp³-hybridized carbons (Fsp3) is 0. The summed E-state index contributed by atoms with van der Waals surface area (Å²) in [5.41, 5.74) is 0. The molecule has 0 aliphatic rings. The monoisotopic (exact) mass is 288 g/mol. The van der Waals surface area contributed by atoms with Crippen molar-refractivity contribution < 1.29 is 60.0 Å². The van der Waals surface area contributed by atoms with Crippen LogP contribution in [0.1, 0.15) is 0 Å². The molecule has 0 aromatic rings. The molecule has 0 saturated heterocycles. The number of carboxylic acid groups (broad SMARTS) is 2. The predicted molar refractivity (Wildman–Crippen MR) is 10.7 cm³/mol. The van der Waals surface area contributed by atoms with Gasteiger partial charge in [-0.3, -0.25) is 0 Å². The average Bonchev–Trinajstić information content (AvgIpc) is 0.811. The van der Waals surface area contributed by atoms with Crippen molar-refractivity contribution in [2.75, 3.05) is 0 Å². The Morgan fingerprint density at radius 1 is 1.40 bits per heavy atom. The summed E-state index contributed by atoms with van der Waals surface area (Å²) >= 11 is 0. The summed E-state index contributed by atoms with van der Waals surface area (Å²) in [4.78, 5) is 8.56. The molecule has 0 aromatic carbocycles. The largest absolute Gasteiger partial charge is 0.503 e. The van der Waals surface area contributed by atoms with Gasteiger partial charge in [0.25, 0.3) is 0 Å². The molecule has 0 atom stereocenters. The molecule has 0 aromatic heterocycles. The first-order chi connectivity index (χ1) is 1.73. The van der Waals surface area contributed by atoms with Crippen molar-refractivity contribution in [1.82, 2.24) is 0 Å². The zero-order valence-corrected chi connectivity index (χ0v) is 8.32. The maximum Gasteiger partial charge on any atom is 0.503 e. The predicted octanol–water partition coefficient (Wildman–Crippen LogP) is 0.222. The van der Waals surface area contributed by atoms with Crippen LogP contribution in [0.5, 0.6) is 0 Å². The van der Waals surface area contributed by atoms with Crippen molar-refractivity contribution >= 4 is 6.16 Å². The van der Waals surface area contributed by atoms with Gasteiger partial charge in [0, 0.05) is 45.0 Å². The second kappa shape index (κ2) is 4.74. The van der Waals surface area contributed by atoms with Gasteiger partial charge in [-0.05, 0) is 0 Å². The Labute approximate surface area is 65.4 Å². The van der Waals surface area contributed by atoms with Gasteiger partial charge in [0.2, 0.25) is 0 Å². The van der Waals surface area contributed by atoms with Crippen LogP contribution >= 0.6 is 0 Å². The Balaban J connectivity index is 0. The minimum absolute atomic E-state index is 0. The van der Waals surface area contributed by atoms with Crippen LogP contribution in [0.25, 0.3) is 0 Å². The molecule has 0 spiro atoms. The van der Waals surface area contributed by atoms with Crippen molar-refractivity contribution in [3.8, 4) is 0 Å². The number of carbonyl (C=O) groups is 1. The fourth-order valence-electron chi connectivity index (χ4n) is 0. The summed E-state index contributed by atoms with van der Waals surface area (Å²) < 4.78 is 0. The molecule has 0 rings (SSSR count). The van der Waals surface area contributed by atoms with Crippen molar-refractivity contribution in [1.29, 1.82) is 0 Å². The molecular formula is CH2O3Ra. The van der Waals surface area contributed by atoms with E-state index in [4.69, 9.17) is 15.0 Å². The molecule has 0 bridgehead atoms. The van der Waals surface area contributed by atoms with Gasteiger partial charge >= 0.3 is 6.16 Å². The van der Waals surface area contributed by atoms with E-state index in [0.29, 0.717) is 0 Å². The molecule has 0 fully saturated rings. The Bertz CT molecular complexity index is 29.9. The molecule has 4 heteroatoms. The SMILES string of the molecule is O=C(O)O.[Ra]. The van der Waals surface area contributed by atoms with Gasteiger partial charge in [0.05, 0.1) is 0 Å². The van der Waals surface area contributed by atoms with E-state index in [-0.39, 0.29) is 45.0 Å². The second-order valence-corrected chi connectivity index (χ2v) is 0.283. The second-order valence-electron chi connectivity index (χ2n) is 0.283. The minimum atomic E-state index is -1.83. The molecule has 0 aliphatic heterocycles. The zero-order chi connectivity index (χ0) is 3.58. The summed E-state index contributed by atoms with van der Waals surface area (Å²) in [5.74, 6) is 0. The normalized spacial score (nSPS) is 4.80. The maximum absolute atomic E-state index is 8.56. The van der Waals surface area contributed by atoms with Crippen molar-refractivity contribution in [2.45, 2.75) is 0 Å². The van der Waals surface area contributed by atoms with E-state index in [2.05, 4.69) is 0 Å². The molecular weight excluding hydrogens is 286 g/mol. The van der Waals surface area contributed by atoms with E-state index in [1.807, 2.05) is 0 Å². The van der Waals surface area contributed by atoms with E-state index in [0.717, 1.165) is 0 Å². The minimum Gasteiger partial charge on any atom is -0.450 e. The Hall–Kier alpha value is 0.738. The van der Waals surface area contributed by atoms with Crippen molar-refractivity contribution in [3.63, 3.8) is 0 Å². The van der Waals surface area contributed by atoms with Crippen molar-refractivity contribution in [3.05, 3.63) is 0 Å². The van der Waals surface area contributed by atoms with E-state index in [9.17, 15) is 0 Å². The Morgan fingerprint density at radius 2 is 1.40 bits per heavy atom. The Kier molecular flexibility index (Phi) is 8.73. The van der Waals surface area contributed by atoms with Crippen molar-refractivity contribution in [2.24, 2.45) is 0 Å².